The maximum atomic E-state index is 12.7. The number of nitrogens with zero attached hydrogens (tertiary/aromatic N) is 2. The largest absolute Gasteiger partial charge is 0.329 e. The Morgan fingerprint density at radius 3 is 2.21 bits per heavy atom. The lowest BCUT2D eigenvalue weighted by Gasteiger charge is -2.17. The summed E-state index contributed by atoms with van der Waals surface area (Å²) in [4.78, 5) is 62.9. The number of hydrogen-bond donors (Lipinski definition) is 3. The molecule has 0 radical (unpaired) electrons. The zero-order valence-corrected chi connectivity index (χ0v) is 18.7. The zero-order valence-electron chi connectivity index (χ0n) is 18.7. The van der Waals surface area contributed by atoms with E-state index in [0.29, 0.717) is 17.9 Å². The highest BCUT2D eigenvalue weighted by Gasteiger charge is 2.35. The Morgan fingerprint density at radius 1 is 0.941 bits per heavy atom. The summed E-state index contributed by atoms with van der Waals surface area (Å²) in [6.07, 6.45) is 0.121. The molecule has 3 N–H and O–H groups in total. The van der Waals surface area contributed by atoms with Crippen molar-refractivity contribution in [3.05, 3.63) is 54.1 Å². The van der Waals surface area contributed by atoms with E-state index in [0.717, 1.165) is 16.2 Å². The molecule has 176 valence electrons. The molecule has 2 aliphatic rings. The number of rotatable bonds is 7. The van der Waals surface area contributed by atoms with Gasteiger partial charge in [-0.25, -0.2) is 4.79 Å². The van der Waals surface area contributed by atoms with Gasteiger partial charge in [0, 0.05) is 43.0 Å². The van der Waals surface area contributed by atoms with Crippen molar-refractivity contribution in [1.29, 1.82) is 0 Å². The van der Waals surface area contributed by atoms with E-state index in [9.17, 15) is 24.0 Å². The number of nitrogens with one attached hydrogen (secondary N) is 3. The van der Waals surface area contributed by atoms with E-state index in [4.69, 9.17) is 0 Å². The SMILES string of the molecule is Cc1ccc(N2CC(C(=O)Nc3ccc(NC(=O)CCN4C(=O)CNC4=O)cc3)CC2=O)cc1. The first kappa shape index (κ1) is 23.0. The molecule has 10 heteroatoms. The topological polar surface area (TPSA) is 128 Å². The van der Waals surface area contributed by atoms with Crippen LogP contribution in [0, 0.1) is 12.8 Å². The molecular weight excluding hydrogens is 438 g/mol. The molecule has 2 aromatic carbocycles. The lowest BCUT2D eigenvalue weighted by Crippen LogP contribution is -2.33. The summed E-state index contributed by atoms with van der Waals surface area (Å²) in [6.45, 7) is 2.25. The Morgan fingerprint density at radius 2 is 1.59 bits per heavy atom. The molecule has 0 aromatic heterocycles. The molecule has 6 amide bonds. The molecule has 0 saturated carbocycles. The van der Waals surface area contributed by atoms with E-state index in [2.05, 4.69) is 16.0 Å². The van der Waals surface area contributed by atoms with Crippen molar-refractivity contribution < 1.29 is 24.0 Å². The maximum Gasteiger partial charge on any atom is 0.324 e. The van der Waals surface area contributed by atoms with Gasteiger partial charge in [-0.3, -0.25) is 24.1 Å². The number of carbonyl (C=O) groups is 5. The van der Waals surface area contributed by atoms with Crippen LogP contribution in [-0.4, -0.2) is 54.2 Å². The van der Waals surface area contributed by atoms with Crippen LogP contribution in [0.3, 0.4) is 0 Å². The van der Waals surface area contributed by atoms with Gasteiger partial charge in [-0.15, -0.1) is 0 Å². The van der Waals surface area contributed by atoms with E-state index in [-0.39, 0.29) is 49.6 Å². The fourth-order valence-corrected chi connectivity index (χ4v) is 3.86. The third kappa shape index (κ3) is 5.22. The Labute approximate surface area is 196 Å². The van der Waals surface area contributed by atoms with Crippen LogP contribution in [0.1, 0.15) is 18.4 Å². The van der Waals surface area contributed by atoms with Crippen molar-refractivity contribution in [2.75, 3.05) is 35.2 Å². The van der Waals surface area contributed by atoms with Crippen LogP contribution in [0.15, 0.2) is 48.5 Å². The molecule has 2 fully saturated rings. The average molecular weight is 463 g/mol. The van der Waals surface area contributed by atoms with Crippen molar-refractivity contribution in [1.82, 2.24) is 10.2 Å². The number of urea groups is 1. The number of carbonyl (C=O) groups excluding carboxylic acids is 5. The molecule has 2 saturated heterocycles. The van der Waals surface area contributed by atoms with Gasteiger partial charge < -0.3 is 20.9 Å². The Kier molecular flexibility index (Phi) is 6.58. The van der Waals surface area contributed by atoms with Gasteiger partial charge in [0.15, 0.2) is 0 Å². The van der Waals surface area contributed by atoms with Gasteiger partial charge in [-0.2, -0.15) is 0 Å². The second-order valence-corrected chi connectivity index (χ2v) is 8.31. The molecule has 2 aromatic rings. The quantitative estimate of drug-likeness (QED) is 0.540. The Hall–Kier alpha value is -4.21. The molecular formula is C24H25N5O5. The van der Waals surface area contributed by atoms with Crippen molar-refractivity contribution in [3.8, 4) is 0 Å². The number of hydrogen-bond acceptors (Lipinski definition) is 5. The highest BCUT2D eigenvalue weighted by Crippen LogP contribution is 2.26. The first-order chi connectivity index (χ1) is 16.3. The summed E-state index contributed by atoms with van der Waals surface area (Å²) < 4.78 is 0. The molecule has 10 nitrogen and oxygen atoms in total. The smallest absolute Gasteiger partial charge is 0.324 e. The van der Waals surface area contributed by atoms with Crippen molar-refractivity contribution in [2.45, 2.75) is 19.8 Å². The van der Waals surface area contributed by atoms with E-state index in [1.54, 1.807) is 29.2 Å². The van der Waals surface area contributed by atoms with Crippen molar-refractivity contribution >= 4 is 46.7 Å². The average Bonchev–Trinajstić information content (AvgIpc) is 3.36. The predicted octanol–water partition coefficient (Wildman–Crippen LogP) is 1.87. The minimum atomic E-state index is -0.496. The normalized spacial score (nSPS) is 17.7. The maximum absolute atomic E-state index is 12.7. The molecule has 4 rings (SSSR count). The molecule has 1 atom stereocenters. The van der Waals surface area contributed by atoms with Gasteiger partial charge in [0.05, 0.1) is 12.5 Å². The first-order valence-electron chi connectivity index (χ1n) is 11.0. The van der Waals surface area contributed by atoms with Crippen LogP contribution in [-0.2, 0) is 19.2 Å². The highest BCUT2D eigenvalue weighted by atomic mass is 16.2. The summed E-state index contributed by atoms with van der Waals surface area (Å²) in [7, 11) is 0. The molecule has 2 aliphatic heterocycles. The van der Waals surface area contributed by atoms with E-state index < -0.39 is 11.9 Å². The number of aryl methyl sites for hydroxylation is 1. The van der Waals surface area contributed by atoms with Crippen LogP contribution in [0.25, 0.3) is 0 Å². The van der Waals surface area contributed by atoms with E-state index in [1.165, 1.54) is 0 Å². The van der Waals surface area contributed by atoms with Crippen LogP contribution < -0.4 is 20.9 Å². The summed E-state index contributed by atoms with van der Waals surface area (Å²) in [6, 6.07) is 13.7. The van der Waals surface area contributed by atoms with Gasteiger partial charge in [0.25, 0.3) is 0 Å². The third-order valence-corrected chi connectivity index (χ3v) is 5.78. The predicted molar refractivity (Wildman–Crippen MR) is 125 cm³/mol. The summed E-state index contributed by atoms with van der Waals surface area (Å²) in [5.74, 6) is -1.49. The van der Waals surface area contributed by atoms with Crippen molar-refractivity contribution in [2.24, 2.45) is 5.92 Å². The lowest BCUT2D eigenvalue weighted by atomic mass is 10.1. The second kappa shape index (κ2) is 9.74. The lowest BCUT2D eigenvalue weighted by molar-refractivity contribution is -0.125. The third-order valence-electron chi connectivity index (χ3n) is 5.78. The summed E-state index contributed by atoms with van der Waals surface area (Å²) >= 11 is 0. The standard InChI is InChI=1S/C24H25N5O5/c1-15-2-8-19(9-3-15)29-14-16(12-21(29)31)23(33)27-18-6-4-17(5-7-18)26-20(30)10-11-28-22(32)13-25-24(28)34/h2-9,16H,10-14H2,1H3,(H,25,34)(H,26,30)(H,27,33). The zero-order chi connectivity index (χ0) is 24.2. The van der Waals surface area contributed by atoms with Crippen LogP contribution >= 0.6 is 0 Å². The van der Waals surface area contributed by atoms with Gasteiger partial charge in [0.1, 0.15) is 0 Å². The molecule has 1 unspecified atom stereocenters. The van der Waals surface area contributed by atoms with Gasteiger partial charge in [0.2, 0.25) is 23.6 Å². The van der Waals surface area contributed by atoms with Gasteiger partial charge >= 0.3 is 6.03 Å². The van der Waals surface area contributed by atoms with Crippen LogP contribution in [0.5, 0.6) is 0 Å². The summed E-state index contributed by atoms with van der Waals surface area (Å²) in [5.41, 5.74) is 2.93. The number of benzene rings is 2. The minimum absolute atomic E-state index is 0.00432. The fourth-order valence-electron chi connectivity index (χ4n) is 3.86. The van der Waals surface area contributed by atoms with Crippen molar-refractivity contribution in [3.63, 3.8) is 0 Å². The number of amides is 6. The molecule has 2 heterocycles. The Balaban J connectivity index is 1.27. The first-order valence-corrected chi connectivity index (χ1v) is 11.0. The minimum Gasteiger partial charge on any atom is -0.329 e. The van der Waals surface area contributed by atoms with Gasteiger partial charge in [-0.05, 0) is 43.3 Å². The number of imide groups is 1. The molecule has 0 spiro atoms. The van der Waals surface area contributed by atoms with Crippen LogP contribution in [0.4, 0.5) is 21.9 Å². The van der Waals surface area contributed by atoms with E-state index in [1.807, 2.05) is 31.2 Å². The van der Waals surface area contributed by atoms with E-state index >= 15 is 0 Å². The summed E-state index contributed by atoms with van der Waals surface area (Å²) in [5, 5.41) is 7.91. The Bertz CT molecular complexity index is 1110. The monoisotopic (exact) mass is 463 g/mol. The van der Waals surface area contributed by atoms with Gasteiger partial charge in [-0.1, -0.05) is 17.7 Å². The fraction of sp³-hybridized carbons (Fsp3) is 0.292. The number of anilines is 3. The second-order valence-electron chi connectivity index (χ2n) is 8.31. The molecule has 0 aliphatic carbocycles. The van der Waals surface area contributed by atoms with Crippen LogP contribution in [0.2, 0.25) is 0 Å². The molecule has 0 bridgehead atoms. The highest BCUT2D eigenvalue weighted by molar-refractivity contribution is 6.04. The molecule has 34 heavy (non-hydrogen) atoms.